The number of rotatable bonds is 4. The summed E-state index contributed by atoms with van der Waals surface area (Å²) >= 11 is 0. The summed E-state index contributed by atoms with van der Waals surface area (Å²) in [7, 11) is 1.94. The molecule has 0 saturated heterocycles. The van der Waals surface area contributed by atoms with Crippen LogP contribution in [0, 0.1) is 13.8 Å². The van der Waals surface area contributed by atoms with E-state index < -0.39 is 5.97 Å². The molecule has 0 aliphatic heterocycles. The van der Waals surface area contributed by atoms with Crippen LogP contribution in [0.25, 0.3) is 11.3 Å². The number of aryl methyl sites for hydroxylation is 3. The van der Waals surface area contributed by atoms with E-state index in [1.165, 1.54) is 5.56 Å². The van der Waals surface area contributed by atoms with Crippen LogP contribution in [0.4, 0.5) is 0 Å². The SMILES string of the molecule is Cc1ccc(-c2c(C)nc(CCC(=O)O)n2C)cc1. The minimum atomic E-state index is -0.794. The largest absolute Gasteiger partial charge is 0.481 e. The molecule has 0 aliphatic rings. The number of carboxylic acid groups (broad SMARTS) is 1. The fourth-order valence-electron chi connectivity index (χ4n) is 2.25. The molecule has 0 radical (unpaired) electrons. The summed E-state index contributed by atoms with van der Waals surface area (Å²) in [6, 6.07) is 8.28. The van der Waals surface area contributed by atoms with Gasteiger partial charge in [0.25, 0.3) is 0 Å². The molecule has 4 heteroatoms. The van der Waals surface area contributed by atoms with Crippen molar-refractivity contribution in [1.29, 1.82) is 0 Å². The van der Waals surface area contributed by atoms with Gasteiger partial charge in [0, 0.05) is 19.0 Å². The van der Waals surface area contributed by atoms with E-state index in [1.807, 2.05) is 18.5 Å². The molecule has 0 bridgehead atoms. The van der Waals surface area contributed by atoms with Crippen LogP contribution < -0.4 is 0 Å². The summed E-state index contributed by atoms with van der Waals surface area (Å²) in [5, 5.41) is 8.75. The summed E-state index contributed by atoms with van der Waals surface area (Å²) in [4.78, 5) is 15.1. The first-order valence-corrected chi connectivity index (χ1v) is 6.30. The second-order valence-electron chi connectivity index (χ2n) is 4.78. The van der Waals surface area contributed by atoms with Gasteiger partial charge >= 0.3 is 5.97 Å². The third-order valence-corrected chi connectivity index (χ3v) is 3.25. The molecule has 4 nitrogen and oxygen atoms in total. The Morgan fingerprint density at radius 1 is 1.26 bits per heavy atom. The Bertz CT molecular complexity index is 597. The summed E-state index contributed by atoms with van der Waals surface area (Å²) in [6.45, 7) is 4.01. The van der Waals surface area contributed by atoms with Crippen molar-refractivity contribution in [2.75, 3.05) is 0 Å². The van der Waals surface area contributed by atoms with Gasteiger partial charge in [-0.3, -0.25) is 4.79 Å². The van der Waals surface area contributed by atoms with E-state index in [2.05, 4.69) is 36.2 Å². The van der Waals surface area contributed by atoms with Crippen LogP contribution in [0.1, 0.15) is 23.5 Å². The van der Waals surface area contributed by atoms with Gasteiger partial charge in [-0.2, -0.15) is 0 Å². The van der Waals surface area contributed by atoms with E-state index >= 15 is 0 Å². The maximum Gasteiger partial charge on any atom is 0.303 e. The number of hydrogen-bond acceptors (Lipinski definition) is 2. The molecular formula is C15H18N2O2. The Balaban J connectivity index is 2.36. The lowest BCUT2D eigenvalue weighted by molar-refractivity contribution is -0.137. The highest BCUT2D eigenvalue weighted by Crippen LogP contribution is 2.24. The molecule has 19 heavy (non-hydrogen) atoms. The Morgan fingerprint density at radius 3 is 2.47 bits per heavy atom. The highest BCUT2D eigenvalue weighted by Gasteiger charge is 2.13. The first-order valence-electron chi connectivity index (χ1n) is 6.30. The van der Waals surface area contributed by atoms with Crippen LogP contribution in [-0.4, -0.2) is 20.6 Å². The molecule has 0 unspecified atom stereocenters. The molecular weight excluding hydrogens is 240 g/mol. The monoisotopic (exact) mass is 258 g/mol. The van der Waals surface area contributed by atoms with Gasteiger partial charge in [0.2, 0.25) is 0 Å². The molecule has 0 saturated carbocycles. The van der Waals surface area contributed by atoms with E-state index in [9.17, 15) is 4.79 Å². The number of imidazole rings is 1. The molecule has 1 heterocycles. The van der Waals surface area contributed by atoms with Gasteiger partial charge in [-0.15, -0.1) is 0 Å². The van der Waals surface area contributed by atoms with E-state index in [1.54, 1.807) is 0 Å². The first-order chi connectivity index (χ1) is 8.99. The fourth-order valence-corrected chi connectivity index (χ4v) is 2.25. The highest BCUT2D eigenvalue weighted by atomic mass is 16.4. The number of carboxylic acids is 1. The highest BCUT2D eigenvalue weighted by molar-refractivity contribution is 5.67. The van der Waals surface area contributed by atoms with Crippen LogP contribution in [-0.2, 0) is 18.3 Å². The lowest BCUT2D eigenvalue weighted by Crippen LogP contribution is -2.04. The van der Waals surface area contributed by atoms with E-state index in [0.29, 0.717) is 6.42 Å². The van der Waals surface area contributed by atoms with Crippen molar-refractivity contribution in [3.05, 3.63) is 41.3 Å². The maximum absolute atomic E-state index is 10.6. The normalized spacial score (nSPS) is 10.7. The molecule has 2 aromatic rings. The van der Waals surface area contributed by atoms with Gasteiger partial charge in [-0.25, -0.2) is 4.98 Å². The molecule has 0 aliphatic carbocycles. The first kappa shape index (κ1) is 13.3. The number of benzene rings is 1. The zero-order valence-electron chi connectivity index (χ0n) is 11.5. The second-order valence-corrected chi connectivity index (χ2v) is 4.78. The molecule has 1 N–H and O–H groups in total. The minimum absolute atomic E-state index is 0.109. The quantitative estimate of drug-likeness (QED) is 0.917. The number of aromatic nitrogens is 2. The Morgan fingerprint density at radius 2 is 1.89 bits per heavy atom. The van der Waals surface area contributed by atoms with Crippen LogP contribution in [0.3, 0.4) is 0 Å². The Labute approximate surface area is 112 Å². The predicted octanol–water partition coefficient (Wildman–Crippen LogP) is 2.72. The second kappa shape index (κ2) is 5.26. The molecule has 0 amide bonds. The Kier molecular flexibility index (Phi) is 3.69. The number of hydrogen-bond donors (Lipinski definition) is 1. The molecule has 1 aromatic carbocycles. The van der Waals surface area contributed by atoms with Gasteiger partial charge in [0.15, 0.2) is 0 Å². The third-order valence-electron chi connectivity index (χ3n) is 3.25. The Hall–Kier alpha value is -2.10. The molecule has 100 valence electrons. The van der Waals surface area contributed by atoms with Gasteiger partial charge in [0.05, 0.1) is 17.8 Å². The number of aliphatic carboxylic acids is 1. The molecule has 0 spiro atoms. The summed E-state index contributed by atoms with van der Waals surface area (Å²) in [5.41, 5.74) is 4.32. The summed E-state index contributed by atoms with van der Waals surface area (Å²) in [5.74, 6) is 0.0213. The van der Waals surface area contributed by atoms with Crippen LogP contribution in [0.5, 0.6) is 0 Å². The van der Waals surface area contributed by atoms with Crippen molar-refractivity contribution in [3.63, 3.8) is 0 Å². The topological polar surface area (TPSA) is 55.1 Å². The van der Waals surface area contributed by atoms with Gasteiger partial charge < -0.3 is 9.67 Å². The van der Waals surface area contributed by atoms with Crippen LogP contribution in [0.15, 0.2) is 24.3 Å². The van der Waals surface area contributed by atoms with E-state index in [-0.39, 0.29) is 6.42 Å². The van der Waals surface area contributed by atoms with Crippen molar-refractivity contribution in [2.45, 2.75) is 26.7 Å². The van der Waals surface area contributed by atoms with Crippen LogP contribution in [0.2, 0.25) is 0 Å². The van der Waals surface area contributed by atoms with Crippen molar-refractivity contribution in [1.82, 2.24) is 9.55 Å². The average Bonchev–Trinajstić information content (AvgIpc) is 2.63. The zero-order chi connectivity index (χ0) is 14.0. The minimum Gasteiger partial charge on any atom is -0.481 e. The smallest absolute Gasteiger partial charge is 0.303 e. The van der Waals surface area contributed by atoms with Gasteiger partial charge in [0.1, 0.15) is 5.82 Å². The lowest BCUT2D eigenvalue weighted by atomic mass is 10.1. The van der Waals surface area contributed by atoms with E-state index in [4.69, 9.17) is 5.11 Å². The van der Waals surface area contributed by atoms with Gasteiger partial charge in [-0.05, 0) is 13.8 Å². The standard InChI is InChI=1S/C15H18N2O2/c1-10-4-6-12(7-5-10)15-11(2)16-13(17(15)3)8-9-14(18)19/h4-7H,8-9H2,1-3H3,(H,18,19). The zero-order valence-corrected chi connectivity index (χ0v) is 11.5. The molecule has 1 aromatic heterocycles. The fraction of sp³-hybridized carbons (Fsp3) is 0.333. The number of carbonyl (C=O) groups is 1. The summed E-state index contributed by atoms with van der Waals surface area (Å²) < 4.78 is 1.99. The molecule has 0 fully saturated rings. The van der Waals surface area contributed by atoms with Crippen molar-refractivity contribution in [2.24, 2.45) is 7.05 Å². The average molecular weight is 258 g/mol. The molecule has 0 atom stereocenters. The third kappa shape index (κ3) is 2.84. The number of nitrogens with zero attached hydrogens (tertiary/aromatic N) is 2. The molecule has 2 rings (SSSR count). The predicted molar refractivity (Wildman–Crippen MR) is 74.1 cm³/mol. The van der Waals surface area contributed by atoms with Crippen molar-refractivity contribution in [3.8, 4) is 11.3 Å². The lowest BCUT2D eigenvalue weighted by Gasteiger charge is -2.06. The summed E-state index contributed by atoms with van der Waals surface area (Å²) in [6.07, 6.45) is 0.566. The maximum atomic E-state index is 10.6. The van der Waals surface area contributed by atoms with Crippen molar-refractivity contribution >= 4 is 5.97 Å². The van der Waals surface area contributed by atoms with Gasteiger partial charge in [-0.1, -0.05) is 29.8 Å². The van der Waals surface area contributed by atoms with E-state index in [0.717, 1.165) is 22.8 Å². The van der Waals surface area contributed by atoms with Crippen molar-refractivity contribution < 1.29 is 9.90 Å². The van der Waals surface area contributed by atoms with Crippen LogP contribution >= 0.6 is 0 Å².